The first-order valence-electron chi connectivity index (χ1n) is 5.62. The van der Waals surface area contributed by atoms with E-state index in [1.807, 2.05) is 0 Å². The molecule has 0 saturated carbocycles. The SMILES string of the molecule is O=[N+]([O-])c1cc(NCc2ccc(O)c(Cl)c2)ccc1Cl. The zero-order chi connectivity index (χ0) is 14.7. The molecule has 7 heteroatoms. The van der Waals surface area contributed by atoms with Crippen molar-refractivity contribution >= 4 is 34.6 Å². The van der Waals surface area contributed by atoms with Crippen LogP contribution in [0.1, 0.15) is 5.56 Å². The fraction of sp³-hybridized carbons (Fsp3) is 0.0769. The lowest BCUT2D eigenvalue weighted by Gasteiger charge is -2.08. The van der Waals surface area contributed by atoms with E-state index in [0.29, 0.717) is 12.2 Å². The Labute approximate surface area is 124 Å². The molecule has 0 aromatic heterocycles. The highest BCUT2D eigenvalue weighted by molar-refractivity contribution is 6.32. The first-order valence-corrected chi connectivity index (χ1v) is 6.38. The average Bonchev–Trinajstić information content (AvgIpc) is 2.41. The standard InChI is InChI=1S/C13H10Cl2N2O3/c14-10-3-2-9(6-12(10)17(19)20)16-7-8-1-4-13(18)11(15)5-8/h1-6,16,18H,7H2. The molecule has 0 spiro atoms. The number of hydrogen-bond acceptors (Lipinski definition) is 4. The number of phenols is 1. The molecular formula is C13H10Cl2N2O3. The molecule has 0 unspecified atom stereocenters. The van der Waals surface area contributed by atoms with Gasteiger partial charge in [0, 0.05) is 18.3 Å². The molecule has 0 atom stereocenters. The first-order chi connectivity index (χ1) is 9.47. The molecule has 104 valence electrons. The highest BCUT2D eigenvalue weighted by Crippen LogP contribution is 2.28. The third kappa shape index (κ3) is 3.31. The molecule has 2 rings (SSSR count). The number of rotatable bonds is 4. The van der Waals surface area contributed by atoms with E-state index in [1.165, 1.54) is 18.2 Å². The van der Waals surface area contributed by atoms with E-state index in [0.717, 1.165) is 5.56 Å². The van der Waals surface area contributed by atoms with E-state index in [-0.39, 0.29) is 21.5 Å². The number of aromatic hydroxyl groups is 1. The molecule has 0 aliphatic carbocycles. The molecule has 2 N–H and O–H groups in total. The second-order valence-electron chi connectivity index (χ2n) is 4.06. The molecule has 2 aromatic carbocycles. The third-order valence-corrected chi connectivity index (χ3v) is 3.27. The normalized spacial score (nSPS) is 10.3. The van der Waals surface area contributed by atoms with Gasteiger partial charge in [-0.05, 0) is 29.8 Å². The van der Waals surface area contributed by atoms with E-state index >= 15 is 0 Å². The molecule has 5 nitrogen and oxygen atoms in total. The minimum absolute atomic E-state index is 0.0116. The summed E-state index contributed by atoms with van der Waals surface area (Å²) in [7, 11) is 0. The number of nitro groups is 1. The second kappa shape index (κ2) is 5.98. The van der Waals surface area contributed by atoms with Crippen LogP contribution >= 0.6 is 23.2 Å². The van der Waals surface area contributed by atoms with Crippen molar-refractivity contribution in [3.63, 3.8) is 0 Å². The van der Waals surface area contributed by atoms with Crippen LogP contribution in [0.5, 0.6) is 5.75 Å². The highest BCUT2D eigenvalue weighted by atomic mass is 35.5. The van der Waals surface area contributed by atoms with Crippen molar-refractivity contribution in [1.82, 2.24) is 0 Å². The predicted molar refractivity (Wildman–Crippen MR) is 78.5 cm³/mol. The van der Waals surface area contributed by atoms with Gasteiger partial charge in [-0.3, -0.25) is 10.1 Å². The summed E-state index contributed by atoms with van der Waals surface area (Å²) in [5.74, 6) is 0.0116. The van der Waals surface area contributed by atoms with Crippen LogP contribution in [0.3, 0.4) is 0 Å². The van der Waals surface area contributed by atoms with Crippen molar-refractivity contribution in [3.8, 4) is 5.75 Å². The van der Waals surface area contributed by atoms with E-state index in [2.05, 4.69) is 5.32 Å². The van der Waals surface area contributed by atoms with Crippen molar-refractivity contribution in [3.05, 3.63) is 62.1 Å². The second-order valence-corrected chi connectivity index (χ2v) is 4.88. The molecule has 20 heavy (non-hydrogen) atoms. The Balaban J connectivity index is 2.12. The fourth-order valence-electron chi connectivity index (χ4n) is 1.63. The van der Waals surface area contributed by atoms with Gasteiger partial charge < -0.3 is 10.4 Å². The van der Waals surface area contributed by atoms with Gasteiger partial charge in [0.1, 0.15) is 10.8 Å². The van der Waals surface area contributed by atoms with E-state index in [9.17, 15) is 15.2 Å². The van der Waals surface area contributed by atoms with Gasteiger partial charge in [0.2, 0.25) is 0 Å². The average molecular weight is 313 g/mol. The Hall–Kier alpha value is -1.98. The summed E-state index contributed by atoms with van der Waals surface area (Å²) in [5, 5.41) is 23.5. The number of anilines is 1. The lowest BCUT2D eigenvalue weighted by atomic mass is 10.2. The number of hydrogen-bond donors (Lipinski definition) is 2. The smallest absolute Gasteiger partial charge is 0.289 e. The molecule has 0 heterocycles. The lowest BCUT2D eigenvalue weighted by Crippen LogP contribution is -2.00. The number of nitro benzene ring substituents is 1. The van der Waals surface area contributed by atoms with Gasteiger partial charge in [0.25, 0.3) is 5.69 Å². The Kier molecular flexibility index (Phi) is 4.32. The van der Waals surface area contributed by atoms with Crippen molar-refractivity contribution in [2.24, 2.45) is 0 Å². The van der Waals surface area contributed by atoms with Gasteiger partial charge >= 0.3 is 0 Å². The number of halogens is 2. The van der Waals surface area contributed by atoms with E-state index in [1.54, 1.807) is 18.2 Å². The number of benzene rings is 2. The Morgan fingerprint density at radius 2 is 1.90 bits per heavy atom. The van der Waals surface area contributed by atoms with Crippen LogP contribution < -0.4 is 5.32 Å². The Morgan fingerprint density at radius 3 is 2.55 bits per heavy atom. The van der Waals surface area contributed by atoms with Crippen LogP contribution in [0.4, 0.5) is 11.4 Å². The lowest BCUT2D eigenvalue weighted by molar-refractivity contribution is -0.384. The zero-order valence-electron chi connectivity index (χ0n) is 10.1. The van der Waals surface area contributed by atoms with Gasteiger partial charge in [-0.25, -0.2) is 0 Å². The number of nitrogens with one attached hydrogen (secondary N) is 1. The number of nitrogens with zero attached hydrogens (tertiary/aromatic N) is 1. The molecule has 0 aliphatic heterocycles. The van der Waals surface area contributed by atoms with E-state index < -0.39 is 4.92 Å². The fourth-order valence-corrected chi connectivity index (χ4v) is 2.02. The maximum Gasteiger partial charge on any atom is 0.289 e. The van der Waals surface area contributed by atoms with Crippen molar-refractivity contribution in [1.29, 1.82) is 0 Å². The first kappa shape index (κ1) is 14.4. The van der Waals surface area contributed by atoms with Crippen LogP contribution in [0, 0.1) is 10.1 Å². The summed E-state index contributed by atoms with van der Waals surface area (Å²) < 4.78 is 0. The van der Waals surface area contributed by atoms with Crippen LogP contribution in [-0.2, 0) is 6.54 Å². The highest BCUT2D eigenvalue weighted by Gasteiger charge is 2.12. The maximum atomic E-state index is 10.8. The summed E-state index contributed by atoms with van der Waals surface area (Å²) in [5.41, 5.74) is 1.26. The van der Waals surface area contributed by atoms with Crippen LogP contribution in [-0.4, -0.2) is 10.0 Å². The molecule has 0 saturated heterocycles. The van der Waals surface area contributed by atoms with Crippen LogP contribution in [0.25, 0.3) is 0 Å². The zero-order valence-corrected chi connectivity index (χ0v) is 11.6. The summed E-state index contributed by atoms with van der Waals surface area (Å²) in [6.07, 6.45) is 0. The Morgan fingerprint density at radius 1 is 1.15 bits per heavy atom. The van der Waals surface area contributed by atoms with Gasteiger partial charge in [-0.2, -0.15) is 0 Å². The molecule has 0 aliphatic rings. The summed E-state index contributed by atoms with van der Waals surface area (Å²) in [4.78, 5) is 10.2. The molecule has 0 radical (unpaired) electrons. The van der Waals surface area contributed by atoms with Crippen molar-refractivity contribution < 1.29 is 10.0 Å². The molecule has 0 fully saturated rings. The third-order valence-electron chi connectivity index (χ3n) is 2.65. The summed E-state index contributed by atoms with van der Waals surface area (Å²) >= 11 is 11.5. The Bertz CT molecular complexity index is 662. The van der Waals surface area contributed by atoms with Crippen molar-refractivity contribution in [2.75, 3.05) is 5.32 Å². The van der Waals surface area contributed by atoms with Gasteiger partial charge in [0.05, 0.1) is 9.95 Å². The minimum atomic E-state index is -0.537. The largest absolute Gasteiger partial charge is 0.506 e. The van der Waals surface area contributed by atoms with Gasteiger partial charge in [-0.1, -0.05) is 29.3 Å². The molecule has 0 amide bonds. The minimum Gasteiger partial charge on any atom is -0.506 e. The predicted octanol–water partition coefficient (Wildman–Crippen LogP) is 4.22. The van der Waals surface area contributed by atoms with E-state index in [4.69, 9.17) is 23.2 Å². The summed E-state index contributed by atoms with van der Waals surface area (Å²) in [6, 6.07) is 9.30. The van der Waals surface area contributed by atoms with Gasteiger partial charge in [0.15, 0.2) is 0 Å². The molecule has 0 bridgehead atoms. The topological polar surface area (TPSA) is 75.4 Å². The van der Waals surface area contributed by atoms with Gasteiger partial charge in [-0.15, -0.1) is 0 Å². The summed E-state index contributed by atoms with van der Waals surface area (Å²) in [6.45, 7) is 0.415. The quantitative estimate of drug-likeness (QED) is 0.654. The monoisotopic (exact) mass is 312 g/mol. The van der Waals surface area contributed by atoms with Crippen molar-refractivity contribution in [2.45, 2.75) is 6.54 Å². The maximum absolute atomic E-state index is 10.8. The molecule has 2 aromatic rings. The number of phenolic OH excluding ortho intramolecular Hbond substituents is 1. The van der Waals surface area contributed by atoms with Crippen LogP contribution in [0.2, 0.25) is 10.0 Å². The molecular weight excluding hydrogens is 303 g/mol. The van der Waals surface area contributed by atoms with Crippen LogP contribution in [0.15, 0.2) is 36.4 Å².